The fourth-order valence-corrected chi connectivity index (χ4v) is 3.90. The first-order valence-corrected chi connectivity index (χ1v) is 9.75. The van der Waals surface area contributed by atoms with Crippen LogP contribution in [-0.4, -0.2) is 80.2 Å². The van der Waals surface area contributed by atoms with Crippen LogP contribution in [0.1, 0.15) is 5.69 Å². The number of urea groups is 1. The van der Waals surface area contributed by atoms with E-state index in [2.05, 4.69) is 10.3 Å². The van der Waals surface area contributed by atoms with Crippen molar-refractivity contribution in [3.05, 3.63) is 29.3 Å². The molecule has 8 heteroatoms. The van der Waals surface area contributed by atoms with Crippen molar-refractivity contribution in [2.45, 2.75) is 6.54 Å². The summed E-state index contributed by atoms with van der Waals surface area (Å²) in [7, 11) is 6.85. The molecule has 1 fully saturated rings. The van der Waals surface area contributed by atoms with Crippen molar-refractivity contribution in [2.24, 2.45) is 0 Å². The molecule has 7 nitrogen and oxygen atoms in total. The van der Waals surface area contributed by atoms with E-state index in [0.717, 1.165) is 49.0 Å². The van der Waals surface area contributed by atoms with E-state index < -0.39 is 0 Å². The topological polar surface area (TPSA) is 58.1 Å². The van der Waals surface area contributed by atoms with Gasteiger partial charge < -0.3 is 19.3 Å². The zero-order valence-electron chi connectivity index (χ0n) is 16.3. The van der Waals surface area contributed by atoms with Gasteiger partial charge in [0.05, 0.1) is 19.9 Å². The zero-order chi connectivity index (χ0) is 19.4. The fraction of sp³-hybridized carbons (Fsp3) is 0.474. The summed E-state index contributed by atoms with van der Waals surface area (Å²) in [6.45, 7) is 4.03. The Labute approximate surface area is 164 Å². The van der Waals surface area contributed by atoms with Crippen LogP contribution in [0.25, 0.3) is 10.6 Å². The lowest BCUT2D eigenvalue weighted by molar-refractivity contribution is 0.119. The maximum Gasteiger partial charge on any atom is 0.319 e. The molecule has 1 aromatic carbocycles. The van der Waals surface area contributed by atoms with Gasteiger partial charge in [-0.15, -0.1) is 11.3 Å². The highest BCUT2D eigenvalue weighted by atomic mass is 32.1. The first kappa shape index (κ1) is 19.4. The minimum absolute atomic E-state index is 0.0825. The molecule has 3 rings (SSSR count). The van der Waals surface area contributed by atoms with Gasteiger partial charge in [-0.05, 0) is 18.2 Å². The van der Waals surface area contributed by atoms with Gasteiger partial charge >= 0.3 is 6.03 Å². The van der Waals surface area contributed by atoms with Crippen LogP contribution >= 0.6 is 11.3 Å². The number of hydrogen-bond acceptors (Lipinski definition) is 6. The number of amides is 2. The first-order chi connectivity index (χ1) is 13.0. The van der Waals surface area contributed by atoms with Crippen LogP contribution in [-0.2, 0) is 6.54 Å². The molecule has 1 aliphatic rings. The van der Waals surface area contributed by atoms with Crippen molar-refractivity contribution in [2.75, 3.05) is 54.5 Å². The zero-order valence-corrected chi connectivity index (χ0v) is 17.1. The number of piperazine rings is 1. The third-order valence-electron chi connectivity index (χ3n) is 4.59. The van der Waals surface area contributed by atoms with E-state index in [1.54, 1.807) is 44.6 Å². The molecule has 1 aromatic heterocycles. The minimum atomic E-state index is 0.0825. The second-order valence-electron chi connectivity index (χ2n) is 6.65. The summed E-state index contributed by atoms with van der Waals surface area (Å²) in [6.07, 6.45) is 0. The Morgan fingerprint density at radius 2 is 1.85 bits per heavy atom. The molecule has 1 saturated heterocycles. The summed E-state index contributed by atoms with van der Waals surface area (Å²) in [5.41, 5.74) is 2.07. The van der Waals surface area contributed by atoms with Gasteiger partial charge in [-0.3, -0.25) is 4.90 Å². The normalized spacial score (nSPS) is 14.9. The summed E-state index contributed by atoms with van der Waals surface area (Å²) >= 11 is 1.63. The Hall–Kier alpha value is -2.32. The van der Waals surface area contributed by atoms with Gasteiger partial charge in [-0.1, -0.05) is 0 Å². The average molecular weight is 391 g/mol. The molecular formula is C19H26N4O3S. The second kappa shape index (κ2) is 8.58. The lowest BCUT2D eigenvalue weighted by Gasteiger charge is -2.35. The smallest absolute Gasteiger partial charge is 0.319 e. The fourth-order valence-electron chi connectivity index (χ4n) is 3.09. The lowest BCUT2D eigenvalue weighted by Crippen LogP contribution is -2.51. The lowest BCUT2D eigenvalue weighted by atomic mass is 10.2. The van der Waals surface area contributed by atoms with Crippen LogP contribution < -0.4 is 9.47 Å². The molecule has 0 radical (unpaired) electrons. The van der Waals surface area contributed by atoms with Gasteiger partial charge in [0.25, 0.3) is 0 Å². The van der Waals surface area contributed by atoms with Gasteiger partial charge in [0.1, 0.15) is 5.01 Å². The number of hydrogen-bond donors (Lipinski definition) is 0. The van der Waals surface area contributed by atoms with Crippen molar-refractivity contribution in [1.82, 2.24) is 19.7 Å². The number of thiazole rings is 1. The van der Waals surface area contributed by atoms with E-state index in [9.17, 15) is 4.79 Å². The van der Waals surface area contributed by atoms with Gasteiger partial charge in [0.2, 0.25) is 0 Å². The Balaban J connectivity index is 1.61. The summed E-state index contributed by atoms with van der Waals surface area (Å²) in [5, 5.41) is 3.07. The van der Waals surface area contributed by atoms with Crippen LogP contribution in [0, 0.1) is 0 Å². The van der Waals surface area contributed by atoms with E-state index in [-0.39, 0.29) is 6.03 Å². The standard InChI is InChI=1S/C19H26N4O3S/c1-21(2)19(24)23-9-7-22(8-10-23)12-15-13-27-18(20-15)14-5-6-16(25-3)17(11-14)26-4/h5-6,11,13H,7-10,12H2,1-4H3. The second-order valence-corrected chi connectivity index (χ2v) is 7.51. The number of carbonyl (C=O) groups excluding carboxylic acids is 1. The first-order valence-electron chi connectivity index (χ1n) is 8.87. The van der Waals surface area contributed by atoms with Crippen LogP contribution in [0.4, 0.5) is 4.79 Å². The van der Waals surface area contributed by atoms with Gasteiger partial charge in [-0.25, -0.2) is 9.78 Å². The van der Waals surface area contributed by atoms with Crippen LogP contribution in [0.15, 0.2) is 23.6 Å². The summed E-state index contributed by atoms with van der Waals surface area (Å²) in [6, 6.07) is 5.93. The van der Waals surface area contributed by atoms with E-state index >= 15 is 0 Å². The number of rotatable bonds is 5. The van der Waals surface area contributed by atoms with Crippen LogP contribution in [0.3, 0.4) is 0 Å². The molecule has 1 aliphatic heterocycles. The highest BCUT2D eigenvalue weighted by Crippen LogP contribution is 2.33. The van der Waals surface area contributed by atoms with Crippen molar-refractivity contribution in [1.29, 1.82) is 0 Å². The SMILES string of the molecule is COc1ccc(-c2nc(CN3CCN(C(=O)N(C)C)CC3)cs2)cc1OC. The Bertz CT molecular complexity index is 785. The predicted molar refractivity (Wildman–Crippen MR) is 107 cm³/mol. The number of nitrogens with zero attached hydrogens (tertiary/aromatic N) is 4. The molecule has 0 aliphatic carbocycles. The number of methoxy groups -OCH3 is 2. The minimum Gasteiger partial charge on any atom is -0.493 e. The molecule has 27 heavy (non-hydrogen) atoms. The monoisotopic (exact) mass is 390 g/mol. The van der Waals surface area contributed by atoms with Gasteiger partial charge in [0.15, 0.2) is 11.5 Å². The molecule has 0 unspecified atom stereocenters. The Morgan fingerprint density at radius 1 is 1.15 bits per heavy atom. The maximum atomic E-state index is 12.0. The van der Waals surface area contributed by atoms with Crippen molar-refractivity contribution in [3.8, 4) is 22.1 Å². The Kier molecular flexibility index (Phi) is 6.18. The van der Waals surface area contributed by atoms with Gasteiger partial charge in [-0.2, -0.15) is 0 Å². The molecule has 2 heterocycles. The van der Waals surface area contributed by atoms with Crippen LogP contribution in [0.2, 0.25) is 0 Å². The largest absolute Gasteiger partial charge is 0.493 e. The summed E-state index contributed by atoms with van der Waals surface area (Å²) in [5.74, 6) is 1.41. The van der Waals surface area contributed by atoms with E-state index in [4.69, 9.17) is 14.5 Å². The molecule has 0 spiro atoms. The molecule has 0 N–H and O–H groups in total. The average Bonchev–Trinajstić information content (AvgIpc) is 3.15. The van der Waals surface area contributed by atoms with E-state index in [1.165, 1.54) is 0 Å². The molecule has 0 bridgehead atoms. The Morgan fingerprint density at radius 3 is 2.48 bits per heavy atom. The summed E-state index contributed by atoms with van der Waals surface area (Å²) < 4.78 is 10.7. The molecule has 0 saturated carbocycles. The molecule has 146 valence electrons. The van der Waals surface area contributed by atoms with Crippen LogP contribution in [0.5, 0.6) is 11.5 Å². The molecule has 2 aromatic rings. The molecule has 0 atom stereocenters. The maximum absolute atomic E-state index is 12.0. The third kappa shape index (κ3) is 4.51. The number of benzene rings is 1. The third-order valence-corrected chi connectivity index (χ3v) is 5.53. The van der Waals surface area contributed by atoms with Crippen molar-refractivity contribution < 1.29 is 14.3 Å². The predicted octanol–water partition coefficient (Wildman–Crippen LogP) is 2.63. The van der Waals surface area contributed by atoms with E-state index in [1.807, 2.05) is 23.1 Å². The summed E-state index contributed by atoms with van der Waals surface area (Å²) in [4.78, 5) is 22.7. The number of carbonyl (C=O) groups is 1. The number of ether oxygens (including phenoxy) is 2. The van der Waals surface area contributed by atoms with E-state index in [0.29, 0.717) is 11.5 Å². The van der Waals surface area contributed by atoms with Crippen molar-refractivity contribution in [3.63, 3.8) is 0 Å². The highest BCUT2D eigenvalue weighted by molar-refractivity contribution is 7.13. The molecular weight excluding hydrogens is 364 g/mol. The van der Waals surface area contributed by atoms with Gasteiger partial charge in [0, 0.05) is 57.8 Å². The quantitative estimate of drug-likeness (QED) is 0.786. The van der Waals surface area contributed by atoms with Crippen molar-refractivity contribution >= 4 is 17.4 Å². The number of aromatic nitrogens is 1. The molecule has 2 amide bonds. The highest BCUT2D eigenvalue weighted by Gasteiger charge is 2.22.